The summed E-state index contributed by atoms with van der Waals surface area (Å²) in [5.41, 5.74) is 4.17. The first kappa shape index (κ1) is 18.4. The maximum atomic E-state index is 3.75. The second-order valence-electron chi connectivity index (χ2n) is 7.14. The van der Waals surface area contributed by atoms with Crippen molar-refractivity contribution in [1.29, 1.82) is 0 Å². The molecule has 0 saturated carbocycles. The van der Waals surface area contributed by atoms with Crippen LogP contribution in [0.4, 0.5) is 0 Å². The van der Waals surface area contributed by atoms with Gasteiger partial charge in [0, 0.05) is 12.0 Å². The lowest BCUT2D eigenvalue weighted by molar-refractivity contribution is 0.369. The van der Waals surface area contributed by atoms with Crippen molar-refractivity contribution in [2.45, 2.75) is 32.2 Å². The summed E-state index contributed by atoms with van der Waals surface area (Å²) in [5, 5.41) is 3.75. The minimum atomic E-state index is 0.400. The highest BCUT2D eigenvalue weighted by molar-refractivity contribution is 5.33. The van der Waals surface area contributed by atoms with Crippen LogP contribution in [-0.2, 0) is 6.42 Å². The van der Waals surface area contributed by atoms with Crippen LogP contribution in [0.15, 0.2) is 91.0 Å². The van der Waals surface area contributed by atoms with Crippen LogP contribution >= 0.6 is 0 Å². The van der Waals surface area contributed by atoms with Crippen molar-refractivity contribution in [1.82, 2.24) is 5.32 Å². The molecular weight excluding hydrogens is 314 g/mol. The molecule has 0 saturated heterocycles. The van der Waals surface area contributed by atoms with Crippen LogP contribution in [0.5, 0.6) is 0 Å². The smallest absolute Gasteiger partial charge is 0.0130 e. The zero-order valence-corrected chi connectivity index (χ0v) is 15.8. The fraction of sp³-hybridized carbons (Fsp3) is 0.280. The zero-order valence-electron chi connectivity index (χ0n) is 15.8. The highest BCUT2D eigenvalue weighted by atomic mass is 14.9. The van der Waals surface area contributed by atoms with Crippen molar-refractivity contribution in [3.63, 3.8) is 0 Å². The minimum absolute atomic E-state index is 0.400. The molecule has 0 aliphatic rings. The Kier molecular flexibility index (Phi) is 6.62. The topological polar surface area (TPSA) is 12.0 Å². The predicted octanol–water partition coefficient (Wildman–Crippen LogP) is 5.68. The number of rotatable bonds is 8. The van der Waals surface area contributed by atoms with Gasteiger partial charge in [0.15, 0.2) is 0 Å². The zero-order chi connectivity index (χ0) is 18.2. The molecule has 0 amide bonds. The number of hydrogen-bond donors (Lipinski definition) is 1. The molecule has 0 bridgehead atoms. The Balaban J connectivity index is 1.69. The van der Waals surface area contributed by atoms with E-state index < -0.39 is 0 Å². The Labute approximate surface area is 158 Å². The van der Waals surface area contributed by atoms with Crippen molar-refractivity contribution in [2.24, 2.45) is 5.92 Å². The normalized spacial score (nSPS) is 13.5. The average Bonchev–Trinajstić information content (AvgIpc) is 2.70. The van der Waals surface area contributed by atoms with Crippen LogP contribution in [0.3, 0.4) is 0 Å². The van der Waals surface area contributed by atoms with Gasteiger partial charge in [-0.25, -0.2) is 0 Å². The number of hydrogen-bond acceptors (Lipinski definition) is 1. The summed E-state index contributed by atoms with van der Waals surface area (Å²) in [7, 11) is 0. The predicted molar refractivity (Wildman–Crippen MR) is 112 cm³/mol. The molecule has 3 aromatic carbocycles. The van der Waals surface area contributed by atoms with Gasteiger partial charge in [0.1, 0.15) is 0 Å². The SMILES string of the molecule is C[C@H](NCCc1ccccc1)[C@H](C)C(c1ccccc1)c1ccccc1. The largest absolute Gasteiger partial charge is 0.314 e. The van der Waals surface area contributed by atoms with Gasteiger partial charge in [-0.15, -0.1) is 0 Å². The van der Waals surface area contributed by atoms with Crippen LogP contribution in [0.25, 0.3) is 0 Å². The van der Waals surface area contributed by atoms with Gasteiger partial charge in [-0.2, -0.15) is 0 Å². The quantitative estimate of drug-likeness (QED) is 0.555. The average molecular weight is 344 g/mol. The van der Waals surface area contributed by atoms with Gasteiger partial charge in [0.05, 0.1) is 0 Å². The van der Waals surface area contributed by atoms with E-state index in [2.05, 4.69) is 110 Å². The molecule has 134 valence electrons. The van der Waals surface area contributed by atoms with Gasteiger partial charge in [-0.1, -0.05) is 97.9 Å². The summed E-state index contributed by atoms with van der Waals surface area (Å²) in [6.07, 6.45) is 1.07. The van der Waals surface area contributed by atoms with Crippen LogP contribution in [0, 0.1) is 5.92 Å². The van der Waals surface area contributed by atoms with E-state index >= 15 is 0 Å². The maximum Gasteiger partial charge on any atom is 0.0130 e. The Hall–Kier alpha value is -2.38. The Morgan fingerprint density at radius 2 is 1.12 bits per heavy atom. The Morgan fingerprint density at radius 1 is 0.654 bits per heavy atom. The summed E-state index contributed by atoms with van der Waals surface area (Å²) >= 11 is 0. The van der Waals surface area contributed by atoms with Crippen LogP contribution in [0.1, 0.15) is 36.5 Å². The van der Waals surface area contributed by atoms with E-state index in [0.717, 1.165) is 13.0 Å². The van der Waals surface area contributed by atoms with E-state index in [-0.39, 0.29) is 0 Å². The van der Waals surface area contributed by atoms with E-state index in [1.807, 2.05) is 0 Å². The molecule has 2 atom stereocenters. The van der Waals surface area contributed by atoms with Gasteiger partial charge >= 0.3 is 0 Å². The van der Waals surface area contributed by atoms with Crippen LogP contribution in [0.2, 0.25) is 0 Å². The van der Waals surface area contributed by atoms with E-state index in [4.69, 9.17) is 0 Å². The summed E-state index contributed by atoms with van der Waals surface area (Å²) in [4.78, 5) is 0. The maximum absolute atomic E-state index is 3.75. The first-order valence-corrected chi connectivity index (χ1v) is 9.63. The Morgan fingerprint density at radius 3 is 1.62 bits per heavy atom. The molecule has 0 radical (unpaired) electrons. The Bertz CT molecular complexity index is 712. The van der Waals surface area contributed by atoms with Gasteiger partial charge in [0.2, 0.25) is 0 Å². The molecule has 0 aliphatic carbocycles. The fourth-order valence-electron chi connectivity index (χ4n) is 3.68. The number of benzene rings is 3. The molecule has 0 fully saturated rings. The third-order valence-electron chi connectivity index (χ3n) is 5.35. The van der Waals surface area contributed by atoms with Gasteiger partial charge in [-0.05, 0) is 42.5 Å². The van der Waals surface area contributed by atoms with Crippen molar-refractivity contribution < 1.29 is 0 Å². The summed E-state index contributed by atoms with van der Waals surface area (Å²) in [6.45, 7) is 5.69. The first-order chi connectivity index (χ1) is 12.8. The molecule has 0 heterocycles. The first-order valence-electron chi connectivity index (χ1n) is 9.63. The molecule has 1 heteroatoms. The third-order valence-corrected chi connectivity index (χ3v) is 5.35. The van der Waals surface area contributed by atoms with E-state index in [9.17, 15) is 0 Å². The molecule has 26 heavy (non-hydrogen) atoms. The third kappa shape index (κ3) is 4.83. The molecular formula is C25H29N. The second kappa shape index (κ2) is 9.35. The fourth-order valence-corrected chi connectivity index (χ4v) is 3.68. The van der Waals surface area contributed by atoms with E-state index in [0.29, 0.717) is 17.9 Å². The van der Waals surface area contributed by atoms with E-state index in [1.165, 1.54) is 16.7 Å². The molecule has 3 rings (SSSR count). The van der Waals surface area contributed by atoms with Crippen LogP contribution in [-0.4, -0.2) is 12.6 Å². The second-order valence-corrected chi connectivity index (χ2v) is 7.14. The lowest BCUT2D eigenvalue weighted by atomic mass is 9.78. The van der Waals surface area contributed by atoms with Crippen molar-refractivity contribution in [3.8, 4) is 0 Å². The standard InChI is InChI=1S/C25H29N/c1-20(21(2)26-19-18-22-12-6-3-7-13-22)25(23-14-8-4-9-15-23)24-16-10-5-11-17-24/h3-17,20-21,25-26H,18-19H2,1-2H3/t20-,21-/m0/s1. The van der Waals surface area contributed by atoms with Crippen molar-refractivity contribution in [3.05, 3.63) is 108 Å². The van der Waals surface area contributed by atoms with Gasteiger partial charge in [0.25, 0.3) is 0 Å². The van der Waals surface area contributed by atoms with Gasteiger partial charge in [-0.3, -0.25) is 0 Å². The summed E-state index contributed by atoms with van der Waals surface area (Å²) in [6, 6.07) is 32.9. The molecule has 1 nitrogen and oxygen atoms in total. The lowest BCUT2D eigenvalue weighted by Crippen LogP contribution is -2.36. The van der Waals surface area contributed by atoms with Gasteiger partial charge < -0.3 is 5.32 Å². The highest BCUT2D eigenvalue weighted by Gasteiger charge is 2.25. The van der Waals surface area contributed by atoms with Crippen molar-refractivity contribution >= 4 is 0 Å². The number of nitrogens with one attached hydrogen (secondary N) is 1. The molecule has 0 spiro atoms. The monoisotopic (exact) mass is 343 g/mol. The van der Waals surface area contributed by atoms with Crippen LogP contribution < -0.4 is 5.32 Å². The minimum Gasteiger partial charge on any atom is -0.314 e. The summed E-state index contributed by atoms with van der Waals surface area (Å²) < 4.78 is 0. The molecule has 0 aliphatic heterocycles. The summed E-state index contributed by atoms with van der Waals surface area (Å²) in [5.74, 6) is 0.896. The molecule has 0 aromatic heterocycles. The highest BCUT2D eigenvalue weighted by Crippen LogP contribution is 2.33. The molecule has 0 unspecified atom stereocenters. The lowest BCUT2D eigenvalue weighted by Gasteiger charge is -2.30. The molecule has 1 N–H and O–H groups in total. The molecule has 3 aromatic rings. The van der Waals surface area contributed by atoms with E-state index in [1.54, 1.807) is 0 Å². The van der Waals surface area contributed by atoms with Crippen molar-refractivity contribution in [2.75, 3.05) is 6.54 Å².